The molecular weight excluding hydrogens is 260 g/mol. The van der Waals surface area contributed by atoms with E-state index in [0.717, 1.165) is 42.7 Å². The predicted molar refractivity (Wildman–Crippen MR) is 84.3 cm³/mol. The summed E-state index contributed by atoms with van der Waals surface area (Å²) in [5.74, 6) is 0.247. The Bertz CT molecular complexity index is 704. The van der Waals surface area contributed by atoms with Gasteiger partial charge in [-0.2, -0.15) is 0 Å². The van der Waals surface area contributed by atoms with Crippen molar-refractivity contribution >= 4 is 17.3 Å². The molecule has 1 saturated carbocycles. The van der Waals surface area contributed by atoms with Crippen molar-refractivity contribution in [3.63, 3.8) is 0 Å². The first-order valence-electron chi connectivity index (χ1n) is 7.47. The number of carbonyl (C=O) groups is 1. The highest BCUT2D eigenvalue weighted by atomic mass is 16.2. The molecule has 3 heteroatoms. The predicted octanol–water partition coefficient (Wildman–Crippen LogP) is 2.89. The van der Waals surface area contributed by atoms with Crippen LogP contribution in [0.4, 0.5) is 11.4 Å². The van der Waals surface area contributed by atoms with Gasteiger partial charge in [-0.1, -0.05) is 30.3 Å². The second-order valence-electron chi connectivity index (χ2n) is 6.04. The van der Waals surface area contributed by atoms with Crippen molar-refractivity contribution in [1.29, 1.82) is 0 Å². The first-order chi connectivity index (χ1) is 10.2. The number of nitrogens with two attached hydrogens (primary N) is 1. The molecule has 1 aliphatic carbocycles. The van der Waals surface area contributed by atoms with Gasteiger partial charge in [0.15, 0.2) is 0 Å². The van der Waals surface area contributed by atoms with Crippen molar-refractivity contribution in [3.05, 3.63) is 59.7 Å². The lowest BCUT2D eigenvalue weighted by Crippen LogP contribution is -2.38. The molecule has 0 saturated heterocycles. The van der Waals surface area contributed by atoms with E-state index < -0.39 is 0 Å². The molecule has 1 aliphatic heterocycles. The molecule has 1 amide bonds. The molecule has 2 aliphatic rings. The number of amides is 1. The van der Waals surface area contributed by atoms with Gasteiger partial charge in [0, 0.05) is 17.9 Å². The smallest absolute Gasteiger partial charge is 0.237 e. The molecule has 0 atom stereocenters. The van der Waals surface area contributed by atoms with Crippen LogP contribution in [0.2, 0.25) is 0 Å². The Morgan fingerprint density at radius 2 is 1.86 bits per heavy atom. The Kier molecular flexibility index (Phi) is 2.58. The van der Waals surface area contributed by atoms with E-state index in [-0.39, 0.29) is 11.3 Å². The highest BCUT2D eigenvalue weighted by Gasteiger charge is 2.53. The maximum absolute atomic E-state index is 13.1. The number of carbonyl (C=O) groups excluding carboxylic acids is 1. The quantitative estimate of drug-likeness (QED) is 0.859. The van der Waals surface area contributed by atoms with E-state index >= 15 is 0 Å². The summed E-state index contributed by atoms with van der Waals surface area (Å²) in [6.07, 6.45) is 2.81. The Hall–Kier alpha value is -2.29. The molecule has 2 N–H and O–H groups in total. The number of anilines is 2. The van der Waals surface area contributed by atoms with E-state index in [9.17, 15) is 4.79 Å². The molecule has 0 spiro atoms. The molecule has 2 aromatic carbocycles. The second kappa shape index (κ2) is 4.35. The monoisotopic (exact) mass is 278 g/mol. The molecule has 1 fully saturated rings. The zero-order valence-electron chi connectivity index (χ0n) is 11.9. The minimum absolute atomic E-state index is 0.247. The number of benzene rings is 2. The minimum atomic E-state index is -0.287. The molecule has 0 bridgehead atoms. The van der Waals surface area contributed by atoms with Crippen molar-refractivity contribution in [2.45, 2.75) is 24.7 Å². The fourth-order valence-corrected chi connectivity index (χ4v) is 3.40. The Labute approximate surface area is 124 Å². The zero-order valence-corrected chi connectivity index (χ0v) is 11.9. The van der Waals surface area contributed by atoms with Gasteiger partial charge in [-0.05, 0) is 48.6 Å². The summed E-state index contributed by atoms with van der Waals surface area (Å²) < 4.78 is 0. The van der Waals surface area contributed by atoms with Gasteiger partial charge in [0.25, 0.3) is 0 Å². The topological polar surface area (TPSA) is 46.3 Å². The summed E-state index contributed by atoms with van der Waals surface area (Å²) in [7, 11) is 0. The molecule has 4 rings (SSSR count). The van der Waals surface area contributed by atoms with Crippen molar-refractivity contribution in [3.8, 4) is 0 Å². The van der Waals surface area contributed by atoms with Gasteiger partial charge >= 0.3 is 0 Å². The molecule has 0 radical (unpaired) electrons. The largest absolute Gasteiger partial charge is 0.399 e. The van der Waals surface area contributed by atoms with Crippen LogP contribution in [0.25, 0.3) is 0 Å². The van der Waals surface area contributed by atoms with Gasteiger partial charge in [-0.15, -0.1) is 0 Å². The average Bonchev–Trinajstić information content (AvgIpc) is 3.22. The zero-order chi connectivity index (χ0) is 14.4. The van der Waals surface area contributed by atoms with Crippen molar-refractivity contribution in [2.75, 3.05) is 17.2 Å². The van der Waals surface area contributed by atoms with Crippen LogP contribution in [0, 0.1) is 0 Å². The van der Waals surface area contributed by atoms with Gasteiger partial charge in [0.05, 0.1) is 5.41 Å². The third-order valence-corrected chi connectivity index (χ3v) is 4.73. The molecule has 3 nitrogen and oxygen atoms in total. The minimum Gasteiger partial charge on any atom is -0.399 e. The Morgan fingerprint density at radius 3 is 2.57 bits per heavy atom. The molecule has 1 heterocycles. The number of nitrogen functional groups attached to an aromatic ring is 1. The Morgan fingerprint density at radius 1 is 1.10 bits per heavy atom. The van der Waals surface area contributed by atoms with E-state index in [2.05, 4.69) is 12.1 Å². The van der Waals surface area contributed by atoms with E-state index in [1.165, 1.54) is 5.56 Å². The number of nitrogens with zero attached hydrogens (tertiary/aromatic N) is 1. The summed E-state index contributed by atoms with van der Waals surface area (Å²) in [4.78, 5) is 15.0. The summed E-state index contributed by atoms with van der Waals surface area (Å²) >= 11 is 0. The van der Waals surface area contributed by atoms with Crippen molar-refractivity contribution in [1.82, 2.24) is 0 Å². The summed E-state index contributed by atoms with van der Waals surface area (Å²) in [6.45, 7) is 0.770. The number of hydrogen-bond donors (Lipinski definition) is 1. The maximum atomic E-state index is 13.1. The van der Waals surface area contributed by atoms with Crippen LogP contribution in [0.5, 0.6) is 0 Å². The summed E-state index contributed by atoms with van der Waals surface area (Å²) in [5, 5.41) is 0. The van der Waals surface area contributed by atoms with Gasteiger partial charge in [-0.25, -0.2) is 0 Å². The van der Waals surface area contributed by atoms with Crippen molar-refractivity contribution in [2.24, 2.45) is 0 Å². The lowest BCUT2D eigenvalue weighted by molar-refractivity contribution is -0.120. The van der Waals surface area contributed by atoms with Crippen LogP contribution in [0.3, 0.4) is 0 Å². The van der Waals surface area contributed by atoms with Crippen LogP contribution in [-0.2, 0) is 16.6 Å². The standard InChI is InChI=1S/C18H18N2O/c19-15-6-7-16-13(12-15)8-11-20(16)17(21)18(9-10-18)14-4-2-1-3-5-14/h1-7,12H,8-11,19H2. The van der Waals surface area contributed by atoms with Crippen LogP contribution < -0.4 is 10.6 Å². The second-order valence-corrected chi connectivity index (χ2v) is 6.04. The number of hydrogen-bond acceptors (Lipinski definition) is 2. The van der Waals surface area contributed by atoms with E-state index in [4.69, 9.17) is 5.73 Å². The highest BCUT2D eigenvalue weighted by molar-refractivity contribution is 6.04. The van der Waals surface area contributed by atoms with Gasteiger partial charge in [0.2, 0.25) is 5.91 Å². The number of rotatable bonds is 2. The van der Waals surface area contributed by atoms with Gasteiger partial charge in [-0.3, -0.25) is 4.79 Å². The summed E-state index contributed by atoms with van der Waals surface area (Å²) in [6, 6.07) is 16.0. The van der Waals surface area contributed by atoms with E-state index in [1.54, 1.807) is 0 Å². The molecule has 106 valence electrons. The molecule has 21 heavy (non-hydrogen) atoms. The van der Waals surface area contributed by atoms with E-state index in [0.29, 0.717) is 0 Å². The van der Waals surface area contributed by atoms with E-state index in [1.807, 2.05) is 41.3 Å². The molecular formula is C18H18N2O. The maximum Gasteiger partial charge on any atom is 0.237 e. The van der Waals surface area contributed by atoms with Crippen LogP contribution >= 0.6 is 0 Å². The van der Waals surface area contributed by atoms with Crippen LogP contribution in [0.1, 0.15) is 24.0 Å². The fraction of sp³-hybridized carbons (Fsp3) is 0.278. The first kappa shape index (κ1) is 12.5. The normalized spacial score (nSPS) is 18.4. The highest BCUT2D eigenvalue weighted by Crippen LogP contribution is 2.50. The SMILES string of the molecule is Nc1ccc2c(c1)CCN2C(=O)C1(c2ccccc2)CC1. The lowest BCUT2D eigenvalue weighted by Gasteiger charge is -2.24. The average molecular weight is 278 g/mol. The lowest BCUT2D eigenvalue weighted by atomic mass is 9.94. The molecule has 0 unspecified atom stereocenters. The van der Waals surface area contributed by atoms with Gasteiger partial charge < -0.3 is 10.6 Å². The van der Waals surface area contributed by atoms with Gasteiger partial charge in [0.1, 0.15) is 0 Å². The fourth-order valence-electron chi connectivity index (χ4n) is 3.40. The first-order valence-corrected chi connectivity index (χ1v) is 7.47. The van der Waals surface area contributed by atoms with Crippen LogP contribution in [0.15, 0.2) is 48.5 Å². The number of fused-ring (bicyclic) bond motifs is 1. The van der Waals surface area contributed by atoms with Crippen LogP contribution in [-0.4, -0.2) is 12.5 Å². The van der Waals surface area contributed by atoms with Crippen molar-refractivity contribution < 1.29 is 4.79 Å². The molecule has 0 aromatic heterocycles. The Balaban J connectivity index is 1.69. The third kappa shape index (κ3) is 1.84. The summed E-state index contributed by atoms with van der Waals surface area (Å²) in [5.41, 5.74) is 9.70. The molecule has 2 aromatic rings. The third-order valence-electron chi connectivity index (χ3n) is 4.73.